The number of carbonyl (C=O) groups excluding carboxylic acids is 3. The van der Waals surface area contributed by atoms with E-state index in [9.17, 15) is 19.5 Å². The summed E-state index contributed by atoms with van der Waals surface area (Å²) in [6.07, 6.45) is 10.1. The van der Waals surface area contributed by atoms with Crippen LogP contribution in [0.15, 0.2) is 36.0 Å². The third-order valence-electron chi connectivity index (χ3n) is 8.34. The van der Waals surface area contributed by atoms with E-state index in [1.807, 2.05) is 65.1 Å². The fourth-order valence-electron chi connectivity index (χ4n) is 5.37. The van der Waals surface area contributed by atoms with Crippen molar-refractivity contribution in [2.24, 2.45) is 17.8 Å². The first-order chi connectivity index (χ1) is 20.0. The number of hydrogen-bond donors (Lipinski definition) is 1. The summed E-state index contributed by atoms with van der Waals surface area (Å²) in [5.41, 5.74) is 0.837. The van der Waals surface area contributed by atoms with Crippen LogP contribution in [0.1, 0.15) is 59.8 Å². The molecule has 2 amide bonds. The van der Waals surface area contributed by atoms with Gasteiger partial charge in [-0.2, -0.15) is 0 Å². The van der Waals surface area contributed by atoms with Gasteiger partial charge < -0.3 is 34.0 Å². The van der Waals surface area contributed by atoms with Gasteiger partial charge in [-0.3, -0.25) is 4.79 Å². The Bertz CT molecular complexity index is 983. The molecule has 6 atom stereocenters. The molecule has 42 heavy (non-hydrogen) atoms. The maximum absolute atomic E-state index is 13.0. The molecule has 1 N–H and O–H groups in total. The highest BCUT2D eigenvalue weighted by Crippen LogP contribution is 2.25. The average molecular weight is 590 g/mol. The van der Waals surface area contributed by atoms with Crippen LogP contribution in [-0.4, -0.2) is 109 Å². The fraction of sp³-hybridized carbons (Fsp3) is 0.719. The molecule has 3 aliphatic rings. The van der Waals surface area contributed by atoms with Gasteiger partial charge in [0.25, 0.3) is 0 Å². The van der Waals surface area contributed by atoms with E-state index in [0.717, 1.165) is 44.6 Å². The van der Waals surface area contributed by atoms with Gasteiger partial charge >= 0.3 is 18.2 Å². The average Bonchev–Trinajstić information content (AvgIpc) is 3.50. The zero-order chi connectivity index (χ0) is 30.6. The number of ether oxygens (including phenoxy) is 3. The normalized spacial score (nSPS) is 30.3. The van der Waals surface area contributed by atoms with Crippen LogP contribution in [0.25, 0.3) is 0 Å². The van der Waals surface area contributed by atoms with E-state index < -0.39 is 24.3 Å². The largest absolute Gasteiger partial charge is 0.457 e. The third-order valence-corrected chi connectivity index (χ3v) is 8.34. The van der Waals surface area contributed by atoms with Gasteiger partial charge in [0.05, 0.1) is 19.1 Å². The lowest BCUT2D eigenvalue weighted by Gasteiger charge is -2.33. The van der Waals surface area contributed by atoms with Crippen molar-refractivity contribution < 1.29 is 33.7 Å². The van der Waals surface area contributed by atoms with Crippen LogP contribution >= 0.6 is 0 Å². The molecular formula is C32H51N3O7. The summed E-state index contributed by atoms with van der Waals surface area (Å²) in [7, 11) is 2.04. The lowest BCUT2D eigenvalue weighted by Crippen LogP contribution is -2.48. The van der Waals surface area contributed by atoms with Crippen LogP contribution in [0, 0.1) is 17.8 Å². The molecule has 0 bridgehead atoms. The molecule has 236 valence electrons. The summed E-state index contributed by atoms with van der Waals surface area (Å²) >= 11 is 0. The predicted molar refractivity (Wildman–Crippen MR) is 161 cm³/mol. The lowest BCUT2D eigenvalue weighted by atomic mass is 9.92. The first-order valence-electron chi connectivity index (χ1n) is 15.5. The number of hydrogen-bond acceptors (Lipinski definition) is 8. The molecule has 0 radical (unpaired) electrons. The minimum absolute atomic E-state index is 0.0177. The van der Waals surface area contributed by atoms with Crippen LogP contribution in [0.5, 0.6) is 0 Å². The first-order valence-corrected chi connectivity index (χ1v) is 15.5. The zero-order valence-corrected chi connectivity index (χ0v) is 26.1. The van der Waals surface area contributed by atoms with Gasteiger partial charge in [-0.05, 0) is 57.2 Å². The molecule has 0 spiro atoms. The Hall–Kier alpha value is -2.85. The van der Waals surface area contributed by atoms with Crippen molar-refractivity contribution >= 4 is 18.2 Å². The van der Waals surface area contributed by atoms with E-state index >= 15 is 0 Å². The Morgan fingerprint density at radius 3 is 2.40 bits per heavy atom. The monoisotopic (exact) mass is 589 g/mol. The van der Waals surface area contributed by atoms with Crippen molar-refractivity contribution in [1.29, 1.82) is 0 Å². The summed E-state index contributed by atoms with van der Waals surface area (Å²) in [4.78, 5) is 43.5. The van der Waals surface area contributed by atoms with Crippen molar-refractivity contribution in [2.45, 2.75) is 78.1 Å². The van der Waals surface area contributed by atoms with Crippen LogP contribution in [0.2, 0.25) is 0 Å². The quantitative estimate of drug-likeness (QED) is 0.210. The molecule has 0 saturated carbocycles. The molecule has 3 heterocycles. The van der Waals surface area contributed by atoms with Crippen molar-refractivity contribution in [3.8, 4) is 0 Å². The molecule has 0 aromatic heterocycles. The van der Waals surface area contributed by atoms with Crippen LogP contribution < -0.4 is 0 Å². The number of rotatable bonds is 6. The second kappa shape index (κ2) is 16.7. The van der Waals surface area contributed by atoms with E-state index in [2.05, 4.69) is 4.90 Å². The summed E-state index contributed by atoms with van der Waals surface area (Å²) < 4.78 is 17.3. The molecule has 0 aromatic rings. The van der Waals surface area contributed by atoms with Gasteiger partial charge in [-0.1, -0.05) is 45.1 Å². The van der Waals surface area contributed by atoms with E-state index in [0.29, 0.717) is 32.5 Å². The topological polar surface area (TPSA) is 109 Å². The molecule has 0 unspecified atom stereocenters. The highest BCUT2D eigenvalue weighted by molar-refractivity contribution is 5.70. The third kappa shape index (κ3) is 10.8. The number of esters is 1. The first kappa shape index (κ1) is 33.6. The molecule has 0 aliphatic carbocycles. The van der Waals surface area contributed by atoms with Crippen molar-refractivity contribution in [1.82, 2.24) is 14.7 Å². The Morgan fingerprint density at radius 1 is 1.05 bits per heavy atom. The number of amides is 2. The molecule has 10 heteroatoms. The van der Waals surface area contributed by atoms with Crippen LogP contribution in [0.3, 0.4) is 0 Å². The van der Waals surface area contributed by atoms with E-state index in [1.165, 1.54) is 0 Å². The number of allylic oxidation sites excluding steroid dienone is 2. The lowest BCUT2D eigenvalue weighted by molar-refractivity contribution is -0.151. The van der Waals surface area contributed by atoms with Crippen molar-refractivity contribution in [2.75, 3.05) is 52.9 Å². The van der Waals surface area contributed by atoms with Crippen molar-refractivity contribution in [3.63, 3.8) is 0 Å². The maximum atomic E-state index is 13.0. The minimum atomic E-state index is -0.832. The van der Waals surface area contributed by atoms with Gasteiger partial charge in [0.2, 0.25) is 0 Å². The summed E-state index contributed by atoms with van der Waals surface area (Å²) in [5, 5.41) is 10.5. The summed E-state index contributed by atoms with van der Waals surface area (Å²) in [6, 6.07) is 0. The zero-order valence-electron chi connectivity index (χ0n) is 26.1. The Kier molecular flexibility index (Phi) is 13.4. The fourth-order valence-corrected chi connectivity index (χ4v) is 5.37. The maximum Gasteiger partial charge on any atom is 0.410 e. The number of aliphatic hydroxyl groups excluding tert-OH is 1. The molecule has 2 saturated heterocycles. The standard InChI is InChI=1S/C32H51N3O7/c1-23(22-40-31(38)34-15-6-7-16-34)9-8-10-25(3)30-26(4)12-14-28(24(2)11-13-27(36)21-29(37)42-30)41-32(39)35-19-17-33(5)18-20-35/h8-10,12,14,23-24,26-28,30,36H,6-7,11,13,15-22H2,1-5H3/b9-8+,14-12-,25-10+/t23-,24-,26+,27+,28+,30-/m1/s1. The Balaban J connectivity index is 1.67. The highest BCUT2D eigenvalue weighted by atomic mass is 16.6. The molecular weight excluding hydrogens is 538 g/mol. The summed E-state index contributed by atoms with van der Waals surface area (Å²) in [6.45, 7) is 12.5. The van der Waals surface area contributed by atoms with E-state index in [1.54, 1.807) is 9.80 Å². The van der Waals surface area contributed by atoms with Crippen LogP contribution in [-0.2, 0) is 19.0 Å². The van der Waals surface area contributed by atoms with Gasteiger partial charge in [-0.25, -0.2) is 9.59 Å². The number of aliphatic hydroxyl groups is 1. The van der Waals surface area contributed by atoms with Gasteiger partial charge in [0.1, 0.15) is 12.2 Å². The van der Waals surface area contributed by atoms with E-state index in [-0.39, 0.29) is 36.4 Å². The minimum Gasteiger partial charge on any atom is -0.457 e. The second-order valence-corrected chi connectivity index (χ2v) is 12.2. The number of likely N-dealkylation sites (tertiary alicyclic amines) is 1. The Morgan fingerprint density at radius 2 is 1.71 bits per heavy atom. The number of piperazine rings is 1. The number of likely N-dealkylation sites (N-methyl/N-ethyl adjacent to an activating group) is 1. The van der Waals surface area contributed by atoms with Gasteiger partial charge in [0, 0.05) is 51.1 Å². The van der Waals surface area contributed by atoms with E-state index in [4.69, 9.17) is 14.2 Å². The molecule has 2 fully saturated rings. The highest BCUT2D eigenvalue weighted by Gasteiger charge is 2.29. The summed E-state index contributed by atoms with van der Waals surface area (Å²) in [5.74, 6) is -0.665. The van der Waals surface area contributed by atoms with Gasteiger partial charge in [0.15, 0.2) is 0 Å². The smallest absolute Gasteiger partial charge is 0.410 e. The predicted octanol–water partition coefficient (Wildman–Crippen LogP) is 4.40. The molecule has 3 aliphatic heterocycles. The second-order valence-electron chi connectivity index (χ2n) is 12.2. The van der Waals surface area contributed by atoms with Crippen LogP contribution in [0.4, 0.5) is 9.59 Å². The SMILES string of the molecule is C/C(=C\C=C\[C@@H](C)COC(=O)N1CCCC1)[C@H]1OC(=O)C[C@@H](O)CC[C@@H](C)[C@@H](OC(=O)N2CCN(C)CC2)/C=C\[C@@H]1C. The van der Waals surface area contributed by atoms with Gasteiger partial charge in [-0.15, -0.1) is 0 Å². The number of nitrogens with zero attached hydrogens (tertiary/aromatic N) is 3. The molecule has 10 nitrogen and oxygen atoms in total. The number of carbonyl (C=O) groups is 3. The molecule has 0 aromatic carbocycles. The number of cyclic esters (lactones) is 1. The Labute approximate surface area is 251 Å². The van der Waals surface area contributed by atoms with Crippen molar-refractivity contribution in [3.05, 3.63) is 36.0 Å². The molecule has 3 rings (SSSR count).